The zero-order chi connectivity index (χ0) is 20.6. The lowest BCUT2D eigenvalue weighted by Gasteiger charge is -2.21. The van der Waals surface area contributed by atoms with E-state index in [4.69, 9.17) is 0 Å². The third-order valence-electron chi connectivity index (χ3n) is 5.59. The van der Waals surface area contributed by atoms with Gasteiger partial charge in [0.05, 0.1) is 0 Å². The van der Waals surface area contributed by atoms with Crippen LogP contribution in [-0.2, 0) is 4.79 Å². The Morgan fingerprint density at radius 2 is 1.29 bits per heavy atom. The van der Waals surface area contributed by atoms with E-state index >= 15 is 0 Å². The maximum absolute atomic E-state index is 11.2. The normalized spacial score (nSPS) is 13.4. The number of hydrogen-bond donors (Lipinski definition) is 3. The van der Waals surface area contributed by atoms with Gasteiger partial charge in [0.2, 0.25) is 0 Å². The number of aliphatic hydroxyl groups excluding tert-OH is 1. The highest BCUT2D eigenvalue weighted by Crippen LogP contribution is 2.32. The highest BCUT2D eigenvalue weighted by atomic mass is 16.4. The van der Waals surface area contributed by atoms with Crippen molar-refractivity contribution in [3.63, 3.8) is 0 Å². The van der Waals surface area contributed by atoms with Gasteiger partial charge >= 0.3 is 5.97 Å². The second kappa shape index (κ2) is 15.4. The number of aromatic hydroxyl groups is 1. The molecule has 1 aromatic carbocycles. The van der Waals surface area contributed by atoms with Crippen LogP contribution >= 0.6 is 0 Å². The zero-order valence-electron chi connectivity index (χ0n) is 17.6. The van der Waals surface area contributed by atoms with Crippen LogP contribution in [0.4, 0.5) is 0 Å². The van der Waals surface area contributed by atoms with Gasteiger partial charge in [0.25, 0.3) is 0 Å². The molecule has 2 unspecified atom stereocenters. The Morgan fingerprint density at radius 1 is 0.821 bits per heavy atom. The first-order valence-corrected chi connectivity index (χ1v) is 11.3. The molecule has 0 heterocycles. The van der Waals surface area contributed by atoms with Crippen molar-refractivity contribution in [2.24, 2.45) is 0 Å². The fourth-order valence-electron chi connectivity index (χ4n) is 3.84. The SMILES string of the molecule is CCCCCCCCCCCCCCCC(c1ccccc1O)C(O)C(=O)O. The molecule has 28 heavy (non-hydrogen) atoms. The van der Waals surface area contributed by atoms with Crippen molar-refractivity contribution in [2.75, 3.05) is 0 Å². The summed E-state index contributed by atoms with van der Waals surface area (Å²) in [6, 6.07) is 6.71. The molecule has 0 radical (unpaired) electrons. The summed E-state index contributed by atoms with van der Waals surface area (Å²) in [5, 5.41) is 29.2. The summed E-state index contributed by atoms with van der Waals surface area (Å²) < 4.78 is 0. The number of phenols is 1. The molecule has 1 rings (SSSR count). The van der Waals surface area contributed by atoms with Crippen molar-refractivity contribution < 1.29 is 20.1 Å². The molecule has 160 valence electrons. The van der Waals surface area contributed by atoms with E-state index in [2.05, 4.69) is 6.92 Å². The van der Waals surface area contributed by atoms with Crippen LogP contribution in [0.15, 0.2) is 24.3 Å². The van der Waals surface area contributed by atoms with Crippen LogP contribution in [0, 0.1) is 0 Å². The fraction of sp³-hybridized carbons (Fsp3) is 0.708. The fourth-order valence-corrected chi connectivity index (χ4v) is 3.84. The molecule has 0 aromatic heterocycles. The summed E-state index contributed by atoms with van der Waals surface area (Å²) in [5.74, 6) is -1.74. The second-order valence-corrected chi connectivity index (χ2v) is 7.98. The van der Waals surface area contributed by atoms with Gasteiger partial charge in [-0.3, -0.25) is 0 Å². The van der Waals surface area contributed by atoms with Crippen LogP contribution in [0.3, 0.4) is 0 Å². The number of hydrogen-bond acceptors (Lipinski definition) is 3. The molecule has 0 amide bonds. The highest BCUT2D eigenvalue weighted by molar-refractivity contribution is 5.73. The summed E-state index contributed by atoms with van der Waals surface area (Å²) in [6.07, 6.45) is 15.5. The Bertz CT molecular complexity index is 529. The number of aliphatic hydroxyl groups is 1. The minimum absolute atomic E-state index is 0.0579. The average molecular weight is 393 g/mol. The number of benzene rings is 1. The Kier molecular flexibility index (Phi) is 13.5. The minimum Gasteiger partial charge on any atom is -0.508 e. The van der Waals surface area contributed by atoms with Crippen molar-refractivity contribution >= 4 is 5.97 Å². The molecule has 4 heteroatoms. The summed E-state index contributed by atoms with van der Waals surface area (Å²) in [7, 11) is 0. The average Bonchev–Trinajstić information content (AvgIpc) is 2.68. The van der Waals surface area contributed by atoms with Crippen LogP contribution in [0.2, 0.25) is 0 Å². The molecule has 1 aromatic rings. The van der Waals surface area contributed by atoms with Gasteiger partial charge in [0.15, 0.2) is 6.10 Å². The number of carbonyl (C=O) groups is 1. The minimum atomic E-state index is -1.48. The summed E-state index contributed by atoms with van der Waals surface area (Å²) in [6.45, 7) is 2.25. The van der Waals surface area contributed by atoms with E-state index in [-0.39, 0.29) is 5.75 Å². The van der Waals surface area contributed by atoms with Crippen LogP contribution in [-0.4, -0.2) is 27.4 Å². The first-order valence-electron chi connectivity index (χ1n) is 11.3. The number of carboxylic acids is 1. The molecular weight excluding hydrogens is 352 g/mol. The topological polar surface area (TPSA) is 77.8 Å². The lowest BCUT2D eigenvalue weighted by atomic mass is 9.87. The second-order valence-electron chi connectivity index (χ2n) is 7.98. The molecule has 3 N–H and O–H groups in total. The Hall–Kier alpha value is -1.55. The van der Waals surface area contributed by atoms with Gasteiger partial charge in [-0.05, 0) is 12.5 Å². The molecule has 0 bridgehead atoms. The van der Waals surface area contributed by atoms with Crippen molar-refractivity contribution in [3.05, 3.63) is 29.8 Å². The van der Waals surface area contributed by atoms with Crippen molar-refractivity contribution in [1.29, 1.82) is 0 Å². The third-order valence-corrected chi connectivity index (χ3v) is 5.59. The molecule has 0 aliphatic rings. The standard InChI is InChI=1S/C24H40O4/c1-2-3-4-5-6-7-8-9-10-11-12-13-14-18-21(23(26)24(27)28)20-17-15-16-19-22(20)25/h15-17,19,21,23,25-26H,2-14,18H2,1H3,(H,27,28). The van der Waals surface area contributed by atoms with E-state index in [0.717, 1.165) is 19.3 Å². The van der Waals surface area contributed by atoms with E-state index in [0.29, 0.717) is 12.0 Å². The molecular formula is C24H40O4. The van der Waals surface area contributed by atoms with Crippen LogP contribution in [0.1, 0.15) is 108 Å². The molecule has 0 aliphatic carbocycles. The molecule has 0 saturated carbocycles. The number of unbranched alkanes of at least 4 members (excludes halogenated alkanes) is 12. The van der Waals surface area contributed by atoms with E-state index in [1.54, 1.807) is 24.3 Å². The first kappa shape index (κ1) is 24.5. The van der Waals surface area contributed by atoms with Gasteiger partial charge in [-0.25, -0.2) is 4.79 Å². The van der Waals surface area contributed by atoms with Gasteiger partial charge in [-0.2, -0.15) is 0 Å². The Morgan fingerprint density at radius 3 is 1.75 bits per heavy atom. The summed E-state index contributed by atoms with van der Waals surface area (Å²) >= 11 is 0. The first-order chi connectivity index (χ1) is 13.6. The number of carboxylic acid groups (broad SMARTS) is 1. The third kappa shape index (κ3) is 10.1. The van der Waals surface area contributed by atoms with Crippen molar-refractivity contribution in [2.45, 2.75) is 109 Å². The van der Waals surface area contributed by atoms with E-state index < -0.39 is 18.0 Å². The number of para-hydroxylation sites is 1. The lowest BCUT2D eigenvalue weighted by Crippen LogP contribution is -2.27. The van der Waals surface area contributed by atoms with E-state index in [1.165, 1.54) is 64.2 Å². The van der Waals surface area contributed by atoms with Crippen molar-refractivity contribution in [3.8, 4) is 5.75 Å². The maximum atomic E-state index is 11.2. The van der Waals surface area contributed by atoms with E-state index in [9.17, 15) is 20.1 Å². The maximum Gasteiger partial charge on any atom is 0.333 e. The molecule has 2 atom stereocenters. The van der Waals surface area contributed by atoms with Crippen LogP contribution < -0.4 is 0 Å². The Labute approximate surface area is 171 Å². The van der Waals surface area contributed by atoms with Crippen molar-refractivity contribution in [1.82, 2.24) is 0 Å². The molecule has 0 saturated heterocycles. The lowest BCUT2D eigenvalue weighted by molar-refractivity contribution is -0.148. The van der Waals surface area contributed by atoms with Gasteiger partial charge in [-0.1, -0.05) is 109 Å². The zero-order valence-corrected chi connectivity index (χ0v) is 17.6. The van der Waals surface area contributed by atoms with Gasteiger partial charge in [-0.15, -0.1) is 0 Å². The van der Waals surface area contributed by atoms with E-state index in [1.807, 2.05) is 0 Å². The monoisotopic (exact) mass is 392 g/mol. The smallest absolute Gasteiger partial charge is 0.333 e. The van der Waals surface area contributed by atoms with Crippen LogP contribution in [0.25, 0.3) is 0 Å². The van der Waals surface area contributed by atoms with Gasteiger partial charge in [0, 0.05) is 11.5 Å². The molecule has 0 fully saturated rings. The number of aliphatic carboxylic acids is 1. The Balaban J connectivity index is 2.17. The number of phenolic OH excluding ortho intramolecular Hbond substituents is 1. The quantitative estimate of drug-likeness (QED) is 0.268. The largest absolute Gasteiger partial charge is 0.508 e. The predicted molar refractivity (Wildman–Crippen MR) is 115 cm³/mol. The van der Waals surface area contributed by atoms with Gasteiger partial charge in [0.1, 0.15) is 5.75 Å². The molecule has 0 spiro atoms. The highest BCUT2D eigenvalue weighted by Gasteiger charge is 2.28. The van der Waals surface area contributed by atoms with Gasteiger partial charge < -0.3 is 15.3 Å². The molecule has 4 nitrogen and oxygen atoms in total. The predicted octanol–water partition coefficient (Wildman–Crippen LogP) is 6.40. The number of rotatable bonds is 17. The summed E-state index contributed by atoms with van der Waals surface area (Å²) in [4.78, 5) is 11.2. The molecule has 0 aliphatic heterocycles. The van der Waals surface area contributed by atoms with Crippen LogP contribution in [0.5, 0.6) is 5.75 Å². The summed E-state index contributed by atoms with van der Waals surface area (Å²) in [5.41, 5.74) is 0.524.